The van der Waals surface area contributed by atoms with Crippen molar-refractivity contribution in [3.63, 3.8) is 0 Å². The van der Waals surface area contributed by atoms with Gasteiger partial charge >= 0.3 is 12.1 Å². The molecule has 4 amide bonds. The Morgan fingerprint density at radius 2 is 1.95 bits per heavy atom. The van der Waals surface area contributed by atoms with E-state index in [0.29, 0.717) is 43.4 Å². The molecule has 0 aromatic heterocycles. The highest BCUT2D eigenvalue weighted by Gasteiger charge is 2.41. The highest BCUT2D eigenvalue weighted by molar-refractivity contribution is 6.30. The van der Waals surface area contributed by atoms with E-state index in [2.05, 4.69) is 21.3 Å². The van der Waals surface area contributed by atoms with Crippen LogP contribution in [-0.4, -0.2) is 68.4 Å². The van der Waals surface area contributed by atoms with Crippen LogP contribution in [0.1, 0.15) is 69.8 Å². The number of likely N-dealkylation sites (N-methyl/N-ethyl adjacent to an activating group) is 1. The van der Waals surface area contributed by atoms with Crippen molar-refractivity contribution in [1.29, 1.82) is 0 Å². The summed E-state index contributed by atoms with van der Waals surface area (Å²) in [6.45, 7) is 2.37. The minimum Gasteiger partial charge on any atom is -0.385 e. The minimum atomic E-state index is -1.15. The lowest BCUT2D eigenvalue weighted by Crippen LogP contribution is -2.54. The number of halogens is 1. The third-order valence-electron chi connectivity index (χ3n) is 8.08. The number of hydrogen-bond acceptors (Lipinski definition) is 4. The molecule has 8 nitrogen and oxygen atoms in total. The van der Waals surface area contributed by atoms with Gasteiger partial charge in [-0.25, -0.2) is 9.59 Å². The molecule has 208 valence electrons. The first-order chi connectivity index (χ1) is 17.9. The molecule has 1 aromatic rings. The first-order valence-electron chi connectivity index (χ1n) is 14.0. The van der Waals surface area contributed by atoms with E-state index in [4.69, 9.17) is 11.6 Å². The zero-order valence-electron chi connectivity index (χ0n) is 22.5. The zero-order chi connectivity index (χ0) is 26.7. The van der Waals surface area contributed by atoms with Crippen molar-refractivity contribution in [2.24, 2.45) is 11.8 Å². The lowest BCUT2D eigenvalue weighted by atomic mass is 9.74. The molecule has 1 aliphatic heterocycles. The summed E-state index contributed by atoms with van der Waals surface area (Å²) in [6, 6.07) is 7.19. The van der Waals surface area contributed by atoms with Gasteiger partial charge in [0.15, 0.2) is 0 Å². The summed E-state index contributed by atoms with van der Waals surface area (Å²) in [5.41, 5.74) is -0.390. The van der Waals surface area contributed by atoms with Gasteiger partial charge in [0.25, 0.3) is 0 Å². The maximum absolute atomic E-state index is 13.4. The fourth-order valence-electron chi connectivity index (χ4n) is 6.07. The predicted octanol–water partition coefficient (Wildman–Crippen LogP) is 4.22. The Morgan fingerprint density at radius 1 is 1.16 bits per heavy atom. The number of rotatable bonds is 11. The summed E-state index contributed by atoms with van der Waals surface area (Å²) in [7, 11) is 3.51. The van der Waals surface area contributed by atoms with E-state index >= 15 is 0 Å². The van der Waals surface area contributed by atoms with Crippen molar-refractivity contribution >= 4 is 23.7 Å². The van der Waals surface area contributed by atoms with Crippen LogP contribution in [0, 0.1) is 11.8 Å². The molecule has 1 unspecified atom stereocenters. The summed E-state index contributed by atoms with van der Waals surface area (Å²) in [5, 5.41) is 24.5. The number of nitrogens with zero attached hydrogens (tertiary/aromatic N) is 1. The molecule has 1 saturated carbocycles. The predicted molar refractivity (Wildman–Crippen MR) is 149 cm³/mol. The number of urea groups is 2. The maximum atomic E-state index is 13.4. The number of benzene rings is 1. The van der Waals surface area contributed by atoms with Crippen molar-refractivity contribution in [2.45, 2.75) is 75.9 Å². The van der Waals surface area contributed by atoms with Gasteiger partial charge < -0.3 is 31.3 Å². The molecule has 3 rings (SSSR count). The number of hydrogen-bond donors (Lipinski definition) is 5. The normalized spacial score (nSPS) is 21.1. The lowest BCUT2D eigenvalue weighted by molar-refractivity contribution is -0.0551. The molecule has 1 aromatic carbocycles. The molecule has 2 aliphatic rings. The number of likely N-dealkylation sites (tertiary alicyclic amines) is 1. The van der Waals surface area contributed by atoms with Crippen LogP contribution in [0.25, 0.3) is 0 Å². The Balaban J connectivity index is 1.68. The SMILES string of the molecule is CNCC(CC1CCCCC1)NC(=O)N1CCC[C@@H]([C@@](O)(CCCNC(=O)NC)c2cccc(Cl)c2)C1. The summed E-state index contributed by atoms with van der Waals surface area (Å²) in [6.07, 6.45) is 10.1. The van der Waals surface area contributed by atoms with E-state index in [0.717, 1.165) is 31.4 Å². The van der Waals surface area contributed by atoms with Gasteiger partial charge in [0.2, 0.25) is 0 Å². The van der Waals surface area contributed by atoms with E-state index in [1.165, 1.54) is 32.1 Å². The molecule has 0 spiro atoms. The zero-order valence-corrected chi connectivity index (χ0v) is 23.3. The molecule has 0 radical (unpaired) electrons. The van der Waals surface area contributed by atoms with Gasteiger partial charge in [0.1, 0.15) is 0 Å². The van der Waals surface area contributed by atoms with Gasteiger partial charge in [-0.05, 0) is 62.8 Å². The third kappa shape index (κ3) is 8.76. The molecule has 1 heterocycles. The molecule has 1 saturated heterocycles. The maximum Gasteiger partial charge on any atom is 0.317 e. The smallest absolute Gasteiger partial charge is 0.317 e. The van der Waals surface area contributed by atoms with E-state index in [1.807, 2.05) is 30.1 Å². The third-order valence-corrected chi connectivity index (χ3v) is 8.31. The van der Waals surface area contributed by atoms with E-state index in [1.54, 1.807) is 13.1 Å². The van der Waals surface area contributed by atoms with Crippen LogP contribution in [0.4, 0.5) is 9.59 Å². The lowest BCUT2D eigenvalue weighted by Gasteiger charge is -2.43. The number of aliphatic hydroxyl groups is 1. The Kier molecular flexibility index (Phi) is 11.8. The summed E-state index contributed by atoms with van der Waals surface area (Å²) in [4.78, 5) is 26.8. The van der Waals surface area contributed by atoms with Crippen LogP contribution in [0.2, 0.25) is 5.02 Å². The average molecular weight is 536 g/mol. The highest BCUT2D eigenvalue weighted by atomic mass is 35.5. The number of carbonyl (C=O) groups is 2. The fourth-order valence-corrected chi connectivity index (χ4v) is 6.26. The highest BCUT2D eigenvalue weighted by Crippen LogP contribution is 2.40. The van der Waals surface area contributed by atoms with Crippen molar-refractivity contribution < 1.29 is 14.7 Å². The molecular formula is C28H46ClN5O3. The molecule has 5 N–H and O–H groups in total. The quantitative estimate of drug-likeness (QED) is 0.274. The Bertz CT molecular complexity index is 866. The van der Waals surface area contributed by atoms with Gasteiger partial charge in [-0.2, -0.15) is 0 Å². The topological polar surface area (TPSA) is 106 Å². The van der Waals surface area contributed by atoms with E-state index in [-0.39, 0.29) is 24.0 Å². The Morgan fingerprint density at radius 3 is 2.65 bits per heavy atom. The van der Waals surface area contributed by atoms with Crippen LogP contribution in [0.5, 0.6) is 0 Å². The molecule has 1 aliphatic carbocycles. The molecule has 2 fully saturated rings. The monoisotopic (exact) mass is 535 g/mol. The summed E-state index contributed by atoms with van der Waals surface area (Å²) in [5.74, 6) is 0.546. The van der Waals surface area contributed by atoms with Crippen LogP contribution in [-0.2, 0) is 5.60 Å². The van der Waals surface area contributed by atoms with Crippen LogP contribution in [0.15, 0.2) is 24.3 Å². The fraction of sp³-hybridized carbons (Fsp3) is 0.714. The van der Waals surface area contributed by atoms with E-state index in [9.17, 15) is 14.7 Å². The van der Waals surface area contributed by atoms with Crippen LogP contribution >= 0.6 is 11.6 Å². The first kappa shape index (κ1) is 29.5. The molecular weight excluding hydrogens is 490 g/mol. The van der Waals surface area contributed by atoms with Crippen molar-refractivity contribution in [3.8, 4) is 0 Å². The molecule has 9 heteroatoms. The van der Waals surface area contributed by atoms with E-state index < -0.39 is 5.60 Å². The average Bonchev–Trinajstić information content (AvgIpc) is 2.91. The Hall–Kier alpha value is -2.03. The van der Waals surface area contributed by atoms with Crippen molar-refractivity contribution in [3.05, 3.63) is 34.9 Å². The Labute approximate surface area is 227 Å². The van der Waals surface area contributed by atoms with Crippen LogP contribution < -0.4 is 21.3 Å². The minimum absolute atomic E-state index is 0.0458. The summed E-state index contributed by atoms with van der Waals surface area (Å²) < 4.78 is 0. The number of carbonyl (C=O) groups excluding carboxylic acids is 2. The van der Waals surface area contributed by atoms with Gasteiger partial charge in [0, 0.05) is 50.2 Å². The van der Waals surface area contributed by atoms with Crippen molar-refractivity contribution in [1.82, 2.24) is 26.2 Å². The van der Waals surface area contributed by atoms with Gasteiger partial charge in [0.05, 0.1) is 5.60 Å². The van der Waals surface area contributed by atoms with Crippen LogP contribution in [0.3, 0.4) is 0 Å². The second-order valence-electron chi connectivity index (χ2n) is 10.8. The first-order valence-corrected chi connectivity index (χ1v) is 14.4. The second-order valence-corrected chi connectivity index (χ2v) is 11.2. The standard InChI is InChI=1S/C28H46ClN5O3/c1-30-19-25(17-21-9-4-3-5-10-21)33-27(36)34-16-7-12-23(20-34)28(37,14-8-15-32-26(35)31-2)22-11-6-13-24(29)18-22/h6,11,13,18,21,23,25,30,37H,3-5,7-10,12,14-17,19-20H2,1-2H3,(H,33,36)(H2,31,32,35)/t23-,25?,28-/m1/s1. The second kappa shape index (κ2) is 14.8. The summed E-state index contributed by atoms with van der Waals surface area (Å²) >= 11 is 6.30. The van der Waals surface area contributed by atoms with Gasteiger partial charge in [-0.3, -0.25) is 0 Å². The van der Waals surface area contributed by atoms with Gasteiger partial charge in [-0.1, -0.05) is 55.8 Å². The number of nitrogens with one attached hydrogen (secondary N) is 4. The number of amides is 4. The molecule has 3 atom stereocenters. The van der Waals surface area contributed by atoms with Crippen molar-refractivity contribution in [2.75, 3.05) is 40.3 Å². The largest absolute Gasteiger partial charge is 0.385 e. The number of piperidine rings is 1. The molecule has 0 bridgehead atoms. The molecule has 37 heavy (non-hydrogen) atoms. The van der Waals surface area contributed by atoms with Gasteiger partial charge in [-0.15, -0.1) is 0 Å².